The van der Waals surface area contributed by atoms with Gasteiger partial charge in [-0.15, -0.1) is 0 Å². The standard InChI is InChI=1S/C55H33N5O/c1-4-16-34(17-5-1)53-56-54(35-18-6-2-7-19-35)58-55(57-53)36-28-29-41-42(30-36)48(32-45-40-24-12-15-27-51(40)61-52(41)45)60-47-26-14-11-23-39(47)44-31-43-38-22-10-13-25-46(38)59(49(43)33-50(44)60)37-20-8-3-9-21-37/h1-33H. The molecule has 61 heavy (non-hydrogen) atoms. The van der Waals surface area contributed by atoms with Crippen molar-refractivity contribution in [1.82, 2.24) is 24.1 Å². The molecule has 0 aliphatic heterocycles. The fourth-order valence-electron chi connectivity index (χ4n) is 9.38. The van der Waals surface area contributed by atoms with E-state index in [0.717, 1.165) is 77.3 Å². The van der Waals surface area contributed by atoms with Gasteiger partial charge in [0.1, 0.15) is 11.2 Å². The minimum absolute atomic E-state index is 0.599. The van der Waals surface area contributed by atoms with E-state index in [0.29, 0.717) is 17.5 Å². The predicted molar refractivity (Wildman–Crippen MR) is 250 cm³/mol. The first-order chi connectivity index (χ1) is 30.2. The van der Waals surface area contributed by atoms with Gasteiger partial charge in [-0.25, -0.2) is 15.0 Å². The Labute approximate surface area is 349 Å². The molecular weight excluding hydrogens is 747 g/mol. The van der Waals surface area contributed by atoms with Crippen LogP contribution in [0, 0.1) is 0 Å². The van der Waals surface area contributed by atoms with Gasteiger partial charge in [-0.05, 0) is 60.7 Å². The van der Waals surface area contributed by atoms with Crippen LogP contribution in [0.25, 0.3) is 122 Å². The Bertz CT molecular complexity index is 3810. The van der Waals surface area contributed by atoms with E-state index in [1.54, 1.807) is 0 Å². The molecule has 0 saturated carbocycles. The van der Waals surface area contributed by atoms with Gasteiger partial charge in [0.15, 0.2) is 17.5 Å². The third-order valence-corrected chi connectivity index (χ3v) is 12.1. The van der Waals surface area contributed by atoms with E-state index in [2.05, 4.69) is 143 Å². The number of para-hydroxylation sites is 4. The summed E-state index contributed by atoms with van der Waals surface area (Å²) in [7, 11) is 0. The van der Waals surface area contributed by atoms with Gasteiger partial charge >= 0.3 is 0 Å². The number of rotatable bonds is 5. The highest BCUT2D eigenvalue weighted by Crippen LogP contribution is 2.44. The summed E-state index contributed by atoms with van der Waals surface area (Å²) in [5.41, 5.74) is 11.2. The van der Waals surface area contributed by atoms with E-state index in [4.69, 9.17) is 19.4 Å². The average molecular weight is 780 g/mol. The van der Waals surface area contributed by atoms with Gasteiger partial charge in [-0.2, -0.15) is 0 Å². The molecule has 6 nitrogen and oxygen atoms in total. The molecule has 13 aromatic rings. The van der Waals surface area contributed by atoms with Crippen LogP contribution in [0.4, 0.5) is 0 Å². The van der Waals surface area contributed by atoms with Crippen LogP contribution >= 0.6 is 0 Å². The van der Waals surface area contributed by atoms with E-state index in [1.807, 2.05) is 66.7 Å². The Hall–Kier alpha value is -8.35. The lowest BCUT2D eigenvalue weighted by atomic mass is 10.0. The lowest BCUT2D eigenvalue weighted by Crippen LogP contribution is -2.01. The van der Waals surface area contributed by atoms with Crippen LogP contribution in [-0.4, -0.2) is 24.1 Å². The van der Waals surface area contributed by atoms with Crippen molar-refractivity contribution in [3.63, 3.8) is 0 Å². The number of fused-ring (bicyclic) bond motifs is 11. The number of aromatic nitrogens is 5. The molecule has 0 bridgehead atoms. The van der Waals surface area contributed by atoms with Crippen molar-refractivity contribution in [1.29, 1.82) is 0 Å². The van der Waals surface area contributed by atoms with Gasteiger partial charge in [0, 0.05) is 65.5 Å². The van der Waals surface area contributed by atoms with Crippen LogP contribution in [0.5, 0.6) is 0 Å². The van der Waals surface area contributed by atoms with Gasteiger partial charge in [0.2, 0.25) is 0 Å². The van der Waals surface area contributed by atoms with Gasteiger partial charge in [-0.3, -0.25) is 0 Å². The average Bonchev–Trinajstić information content (AvgIpc) is 3.98. The quantitative estimate of drug-likeness (QED) is 0.175. The first kappa shape index (κ1) is 33.6. The normalized spacial score (nSPS) is 11.9. The lowest BCUT2D eigenvalue weighted by molar-refractivity contribution is 0.672. The Morgan fingerprint density at radius 3 is 1.49 bits per heavy atom. The zero-order valence-electron chi connectivity index (χ0n) is 32.7. The molecule has 6 heteroatoms. The van der Waals surface area contributed by atoms with Crippen LogP contribution in [0.2, 0.25) is 0 Å². The van der Waals surface area contributed by atoms with Crippen molar-refractivity contribution in [2.24, 2.45) is 0 Å². The van der Waals surface area contributed by atoms with Crippen LogP contribution in [-0.2, 0) is 0 Å². The second kappa shape index (κ2) is 13.1. The highest BCUT2D eigenvalue weighted by Gasteiger charge is 2.23. The van der Waals surface area contributed by atoms with Crippen molar-refractivity contribution in [2.75, 3.05) is 0 Å². The van der Waals surface area contributed by atoms with Crippen molar-refractivity contribution in [2.45, 2.75) is 0 Å². The molecule has 0 fully saturated rings. The zero-order valence-corrected chi connectivity index (χ0v) is 32.7. The highest BCUT2D eigenvalue weighted by molar-refractivity contribution is 6.22. The van der Waals surface area contributed by atoms with E-state index in [1.165, 1.54) is 27.1 Å². The topological polar surface area (TPSA) is 61.7 Å². The summed E-state index contributed by atoms with van der Waals surface area (Å²) in [6.45, 7) is 0. The molecule has 4 heterocycles. The Morgan fingerprint density at radius 2 is 0.836 bits per heavy atom. The summed E-state index contributed by atoms with van der Waals surface area (Å²) in [5, 5.41) is 9.01. The van der Waals surface area contributed by atoms with Crippen LogP contribution in [0.1, 0.15) is 0 Å². The van der Waals surface area contributed by atoms with Gasteiger partial charge in [-0.1, -0.05) is 140 Å². The smallest absolute Gasteiger partial charge is 0.164 e. The SMILES string of the molecule is c1ccc(-c2nc(-c3ccccc3)nc(-c3ccc4c(c3)c(-n3c5ccccc5c5cc6c7ccccc7n(-c7ccccc7)c6cc53)cc3c5ccccc5oc43)n2)cc1. The molecule has 0 radical (unpaired) electrons. The highest BCUT2D eigenvalue weighted by atomic mass is 16.3. The number of hydrogen-bond acceptors (Lipinski definition) is 4. The first-order valence-electron chi connectivity index (χ1n) is 20.5. The summed E-state index contributed by atoms with van der Waals surface area (Å²) in [6.07, 6.45) is 0. The molecule has 4 aromatic heterocycles. The third kappa shape index (κ3) is 5.12. The molecule has 0 spiro atoms. The number of benzene rings is 9. The van der Waals surface area contributed by atoms with Crippen LogP contribution in [0.3, 0.4) is 0 Å². The molecule has 9 aromatic carbocycles. The maximum Gasteiger partial charge on any atom is 0.164 e. The van der Waals surface area contributed by atoms with Crippen molar-refractivity contribution in [3.8, 4) is 45.5 Å². The molecule has 0 N–H and O–H groups in total. The number of hydrogen-bond donors (Lipinski definition) is 0. The zero-order chi connectivity index (χ0) is 40.0. The summed E-state index contributed by atoms with van der Waals surface area (Å²) < 4.78 is 11.6. The van der Waals surface area contributed by atoms with Gasteiger partial charge in [0.25, 0.3) is 0 Å². The molecule has 0 aliphatic rings. The minimum atomic E-state index is 0.599. The second-order valence-electron chi connectivity index (χ2n) is 15.6. The van der Waals surface area contributed by atoms with Crippen LogP contribution < -0.4 is 0 Å². The minimum Gasteiger partial charge on any atom is -0.455 e. The summed E-state index contributed by atoms with van der Waals surface area (Å²) in [6, 6.07) is 70.3. The monoisotopic (exact) mass is 779 g/mol. The van der Waals surface area contributed by atoms with Crippen molar-refractivity contribution in [3.05, 3.63) is 200 Å². The van der Waals surface area contributed by atoms with E-state index in [-0.39, 0.29) is 0 Å². The predicted octanol–water partition coefficient (Wildman–Crippen LogP) is 14.1. The summed E-state index contributed by atoms with van der Waals surface area (Å²) >= 11 is 0. The first-order valence-corrected chi connectivity index (χ1v) is 20.5. The Kier molecular flexibility index (Phi) is 7.21. The van der Waals surface area contributed by atoms with Crippen LogP contribution in [0.15, 0.2) is 205 Å². The largest absolute Gasteiger partial charge is 0.455 e. The molecule has 0 amide bonds. The lowest BCUT2D eigenvalue weighted by Gasteiger charge is -2.15. The molecule has 0 saturated heterocycles. The second-order valence-corrected chi connectivity index (χ2v) is 15.6. The molecule has 13 rings (SSSR count). The molecule has 284 valence electrons. The van der Waals surface area contributed by atoms with E-state index in [9.17, 15) is 0 Å². The number of furan rings is 1. The van der Waals surface area contributed by atoms with E-state index < -0.39 is 0 Å². The third-order valence-electron chi connectivity index (χ3n) is 12.1. The molecule has 0 unspecified atom stereocenters. The van der Waals surface area contributed by atoms with E-state index >= 15 is 0 Å². The number of nitrogens with zero attached hydrogens (tertiary/aromatic N) is 5. The van der Waals surface area contributed by atoms with Crippen molar-refractivity contribution < 1.29 is 4.42 Å². The molecule has 0 atom stereocenters. The molecule has 0 aliphatic carbocycles. The maximum absolute atomic E-state index is 6.71. The van der Waals surface area contributed by atoms with Crippen molar-refractivity contribution >= 4 is 76.3 Å². The van der Waals surface area contributed by atoms with Gasteiger partial charge in [0.05, 0.1) is 27.8 Å². The fraction of sp³-hybridized carbons (Fsp3) is 0. The summed E-state index contributed by atoms with van der Waals surface area (Å²) in [4.78, 5) is 15.2. The summed E-state index contributed by atoms with van der Waals surface area (Å²) in [5.74, 6) is 1.84. The maximum atomic E-state index is 6.71. The Morgan fingerprint density at radius 1 is 0.311 bits per heavy atom. The fourth-order valence-corrected chi connectivity index (χ4v) is 9.38. The van der Waals surface area contributed by atoms with Gasteiger partial charge < -0.3 is 13.6 Å². The Balaban J connectivity index is 1.15. The molecular formula is C55H33N5O.